The lowest BCUT2D eigenvalue weighted by molar-refractivity contribution is 0.548. The van der Waals surface area contributed by atoms with Gasteiger partial charge in [-0.15, -0.1) is 0 Å². The molecule has 0 N–H and O–H groups in total. The maximum absolute atomic E-state index is 14.4. The summed E-state index contributed by atoms with van der Waals surface area (Å²) in [5.74, 6) is -2.45. The van der Waals surface area contributed by atoms with E-state index in [1.807, 2.05) is 55.6 Å². The molecule has 1 nitrogen and oxygen atoms in total. The molecule has 5 aromatic rings. The minimum atomic E-state index is -0.729. The summed E-state index contributed by atoms with van der Waals surface area (Å²) in [7, 11) is 1.99. The summed E-state index contributed by atoms with van der Waals surface area (Å²) in [6, 6.07) is 27.6. The Bertz CT molecular complexity index is 2030. The smallest absolute Gasteiger partial charge is 0.126 e. The number of para-hydroxylation sites is 1. The summed E-state index contributed by atoms with van der Waals surface area (Å²) in [5, 5.41) is 2.12. The second-order valence-electron chi connectivity index (χ2n) is 13.1. The van der Waals surface area contributed by atoms with Gasteiger partial charge >= 0.3 is 0 Å². The second kappa shape index (κ2) is 12.4. The molecule has 0 bridgehead atoms. The molecule has 1 aliphatic rings. The molecule has 0 fully saturated rings. The van der Waals surface area contributed by atoms with Crippen molar-refractivity contribution in [3.63, 3.8) is 0 Å². The summed E-state index contributed by atoms with van der Waals surface area (Å²) in [4.78, 5) is 2.11. The molecule has 0 spiro atoms. The van der Waals surface area contributed by atoms with Crippen LogP contribution < -0.4 is 4.90 Å². The van der Waals surface area contributed by atoms with E-state index >= 15 is 0 Å². The first-order valence-corrected chi connectivity index (χ1v) is 15.7. The highest BCUT2D eigenvalue weighted by Gasteiger charge is 2.42. The Morgan fingerprint density at radius 3 is 2.09 bits per heavy atom. The molecule has 0 aromatic heterocycles. The Morgan fingerprint density at radius 2 is 1.40 bits per heavy atom. The number of nitrogens with zero attached hydrogens (tertiary/aromatic N) is 1. The summed E-state index contributed by atoms with van der Waals surface area (Å²) in [6.45, 7) is 10.8. The lowest BCUT2D eigenvalue weighted by Gasteiger charge is -2.34. The van der Waals surface area contributed by atoms with Crippen LogP contribution in [0.1, 0.15) is 41.7 Å². The number of allylic oxidation sites excluding steroid dienone is 5. The van der Waals surface area contributed by atoms with Crippen LogP contribution in [0.5, 0.6) is 0 Å². The number of hydrogen-bond acceptors (Lipinski definition) is 1. The molecule has 0 radical (unpaired) electrons. The third-order valence-electron chi connectivity index (χ3n) is 9.70. The van der Waals surface area contributed by atoms with Crippen LogP contribution in [0.25, 0.3) is 10.8 Å². The highest BCUT2D eigenvalue weighted by molar-refractivity contribution is 5.88. The van der Waals surface area contributed by atoms with E-state index in [0.717, 1.165) is 56.6 Å². The number of likely N-dealkylation sites (N-methyl/N-ethyl adjacent to an activating group) is 1. The normalized spacial score (nSPS) is 18.2. The molecule has 238 valence electrons. The first-order valence-electron chi connectivity index (χ1n) is 15.7. The molecule has 2 unspecified atom stereocenters. The zero-order valence-electron chi connectivity index (χ0n) is 27.1. The summed E-state index contributed by atoms with van der Waals surface area (Å²) >= 11 is 0. The average Bonchev–Trinajstić information content (AvgIpc) is 3.21. The van der Waals surface area contributed by atoms with E-state index < -0.39 is 34.1 Å². The molecule has 6 rings (SSSR count). The van der Waals surface area contributed by atoms with Gasteiger partial charge < -0.3 is 4.90 Å². The van der Waals surface area contributed by atoms with Gasteiger partial charge in [-0.1, -0.05) is 80.3 Å². The number of anilines is 1. The molecule has 1 aliphatic heterocycles. The number of fused-ring (bicyclic) bond motifs is 2. The molecule has 5 aromatic carbocycles. The fourth-order valence-electron chi connectivity index (χ4n) is 7.51. The Hall–Kier alpha value is -4.90. The van der Waals surface area contributed by atoms with Crippen LogP contribution >= 0.6 is 0 Å². The van der Waals surface area contributed by atoms with Gasteiger partial charge in [-0.25, -0.2) is 17.6 Å². The van der Waals surface area contributed by atoms with Crippen molar-refractivity contribution in [2.45, 2.75) is 44.4 Å². The van der Waals surface area contributed by atoms with E-state index in [1.165, 1.54) is 24.3 Å². The Balaban J connectivity index is 1.44. The van der Waals surface area contributed by atoms with E-state index in [1.54, 1.807) is 0 Å². The van der Waals surface area contributed by atoms with Crippen LogP contribution in [-0.2, 0) is 23.7 Å². The van der Waals surface area contributed by atoms with Gasteiger partial charge in [-0.3, -0.25) is 0 Å². The molecular formula is C42H37F4N. The fourth-order valence-corrected chi connectivity index (χ4v) is 7.51. The van der Waals surface area contributed by atoms with E-state index in [4.69, 9.17) is 0 Å². The zero-order valence-corrected chi connectivity index (χ0v) is 27.1. The van der Waals surface area contributed by atoms with Gasteiger partial charge in [-0.2, -0.15) is 0 Å². The van der Waals surface area contributed by atoms with Crippen molar-refractivity contribution in [1.29, 1.82) is 0 Å². The first kappa shape index (κ1) is 32.1. The van der Waals surface area contributed by atoms with Crippen LogP contribution in [0.3, 0.4) is 0 Å². The topological polar surface area (TPSA) is 3.24 Å². The molecule has 0 amide bonds. The fraction of sp³-hybridized carbons (Fsp3) is 0.190. The predicted molar refractivity (Wildman–Crippen MR) is 185 cm³/mol. The van der Waals surface area contributed by atoms with E-state index in [9.17, 15) is 17.6 Å². The molecule has 0 saturated carbocycles. The minimum Gasteiger partial charge on any atom is -0.347 e. The third-order valence-corrected chi connectivity index (χ3v) is 9.70. The largest absolute Gasteiger partial charge is 0.347 e. The van der Waals surface area contributed by atoms with Gasteiger partial charge in [0.05, 0.1) is 0 Å². The SMILES string of the molecule is C=C(/C=C/C=C1/N(C)c2ccccc2C1(C)Cc1cc(F)cc(F)c1)C(C)(Cc1cc(F)cc(F)c1)c1c(C)ccc2ccccc12. The quantitative estimate of drug-likeness (QED) is 0.122. The number of hydrogen-bond donors (Lipinski definition) is 0. The average molecular weight is 632 g/mol. The summed E-state index contributed by atoms with van der Waals surface area (Å²) in [5.41, 5.74) is 5.71. The van der Waals surface area contributed by atoms with Crippen LogP contribution in [0, 0.1) is 30.2 Å². The lowest BCUT2D eigenvalue weighted by Crippen LogP contribution is -2.29. The monoisotopic (exact) mass is 631 g/mol. The van der Waals surface area contributed by atoms with Gasteiger partial charge in [0.25, 0.3) is 0 Å². The Labute approximate surface area is 274 Å². The zero-order chi connectivity index (χ0) is 33.5. The predicted octanol–water partition coefficient (Wildman–Crippen LogP) is 10.9. The molecule has 0 aliphatic carbocycles. The van der Waals surface area contributed by atoms with Gasteiger partial charge in [0, 0.05) is 41.4 Å². The van der Waals surface area contributed by atoms with E-state index in [0.29, 0.717) is 24.0 Å². The second-order valence-corrected chi connectivity index (χ2v) is 13.1. The third kappa shape index (κ3) is 6.03. The van der Waals surface area contributed by atoms with Crippen LogP contribution in [0.4, 0.5) is 23.2 Å². The van der Waals surface area contributed by atoms with Crippen molar-refractivity contribution in [2.75, 3.05) is 11.9 Å². The minimum absolute atomic E-state index is 0.324. The maximum Gasteiger partial charge on any atom is 0.126 e. The van der Waals surface area contributed by atoms with Gasteiger partial charge in [0.2, 0.25) is 0 Å². The van der Waals surface area contributed by atoms with Crippen molar-refractivity contribution in [3.8, 4) is 0 Å². The highest BCUT2D eigenvalue weighted by Crippen LogP contribution is 2.49. The first-order chi connectivity index (χ1) is 22.4. The maximum atomic E-state index is 14.4. The molecule has 2 atom stereocenters. The van der Waals surface area contributed by atoms with E-state index in [2.05, 4.69) is 62.6 Å². The van der Waals surface area contributed by atoms with Gasteiger partial charge in [0.1, 0.15) is 23.3 Å². The van der Waals surface area contributed by atoms with Crippen molar-refractivity contribution in [3.05, 3.63) is 184 Å². The van der Waals surface area contributed by atoms with Crippen molar-refractivity contribution in [1.82, 2.24) is 0 Å². The highest BCUT2D eigenvalue weighted by atomic mass is 19.1. The molecule has 1 heterocycles. The number of benzene rings is 5. The van der Waals surface area contributed by atoms with E-state index in [-0.39, 0.29) is 0 Å². The number of halogens is 4. The van der Waals surface area contributed by atoms with Crippen molar-refractivity contribution >= 4 is 16.5 Å². The molecule has 47 heavy (non-hydrogen) atoms. The van der Waals surface area contributed by atoms with Gasteiger partial charge in [0.15, 0.2) is 0 Å². The summed E-state index contributed by atoms with van der Waals surface area (Å²) in [6.07, 6.45) is 6.66. The van der Waals surface area contributed by atoms with Crippen LogP contribution in [0.15, 0.2) is 133 Å². The summed E-state index contributed by atoms with van der Waals surface area (Å²) < 4.78 is 57.3. The van der Waals surface area contributed by atoms with Crippen LogP contribution in [-0.4, -0.2) is 7.05 Å². The number of rotatable bonds is 8. The lowest BCUT2D eigenvalue weighted by atomic mass is 9.69. The molecular weight excluding hydrogens is 594 g/mol. The number of aryl methyl sites for hydroxylation is 1. The van der Waals surface area contributed by atoms with Crippen LogP contribution in [0.2, 0.25) is 0 Å². The Kier molecular flexibility index (Phi) is 8.44. The Morgan fingerprint density at radius 1 is 0.809 bits per heavy atom. The van der Waals surface area contributed by atoms with Crippen molar-refractivity contribution in [2.24, 2.45) is 0 Å². The van der Waals surface area contributed by atoms with Gasteiger partial charge in [-0.05, 0) is 107 Å². The van der Waals surface area contributed by atoms with Crippen molar-refractivity contribution < 1.29 is 17.6 Å². The standard InChI is InChI=1S/C42H37F4N/c1-27-17-18-31-12-6-7-13-36(31)40(27)41(3,25-29-19-32(43)23-33(44)20-29)28(2)11-10-16-39-42(4,26-30-21-34(45)24-35(46)22-30)37-14-8-9-15-38(37)47(39)5/h6-24H,2,25-26H2,1,3-5H3/b11-10+,39-16+. The molecule has 0 saturated heterocycles. The molecule has 5 heteroatoms.